The van der Waals surface area contributed by atoms with Crippen LogP contribution in [0, 0.1) is 12.8 Å². The van der Waals surface area contributed by atoms with Gasteiger partial charge in [-0.05, 0) is 18.9 Å². The lowest BCUT2D eigenvalue weighted by molar-refractivity contribution is -0.142. The molecule has 1 amide bonds. The fraction of sp³-hybridized carbons (Fsp3) is 0.467. The number of aryl methyl sites for hydroxylation is 1. The Labute approximate surface area is 117 Å². The standard InChI is InChI=1S/C15H19NO4/c1-10-2-4-11(5-3-10)8-13(15(18)19)16-14(17)12-6-7-20-9-12/h2-5,12-13H,6-9H2,1H3,(H,16,17)(H,18,19)/t12-,13+/m1/s1. The van der Waals surface area contributed by atoms with Crippen LogP contribution in [0.1, 0.15) is 17.5 Å². The molecule has 0 bridgehead atoms. The van der Waals surface area contributed by atoms with Crippen molar-refractivity contribution in [1.29, 1.82) is 0 Å². The fourth-order valence-electron chi connectivity index (χ4n) is 2.19. The molecule has 0 spiro atoms. The molecular weight excluding hydrogens is 258 g/mol. The van der Waals surface area contributed by atoms with Crippen molar-refractivity contribution in [3.63, 3.8) is 0 Å². The zero-order valence-corrected chi connectivity index (χ0v) is 11.5. The lowest BCUT2D eigenvalue weighted by Crippen LogP contribution is -2.45. The van der Waals surface area contributed by atoms with Crippen molar-refractivity contribution < 1.29 is 19.4 Å². The first-order valence-electron chi connectivity index (χ1n) is 6.72. The molecule has 2 rings (SSSR count). The summed E-state index contributed by atoms with van der Waals surface area (Å²) in [6, 6.07) is 6.74. The van der Waals surface area contributed by atoms with Gasteiger partial charge in [-0.2, -0.15) is 0 Å². The second-order valence-corrected chi connectivity index (χ2v) is 5.15. The van der Waals surface area contributed by atoms with E-state index in [1.165, 1.54) is 0 Å². The smallest absolute Gasteiger partial charge is 0.326 e. The molecule has 1 heterocycles. The van der Waals surface area contributed by atoms with Gasteiger partial charge >= 0.3 is 5.97 Å². The number of amides is 1. The first-order valence-corrected chi connectivity index (χ1v) is 6.72. The third-order valence-corrected chi connectivity index (χ3v) is 3.48. The molecule has 108 valence electrons. The number of carbonyl (C=O) groups is 2. The van der Waals surface area contributed by atoms with Crippen LogP contribution in [-0.4, -0.2) is 36.2 Å². The van der Waals surface area contributed by atoms with Gasteiger partial charge in [0.05, 0.1) is 12.5 Å². The summed E-state index contributed by atoms with van der Waals surface area (Å²) in [7, 11) is 0. The van der Waals surface area contributed by atoms with Crippen molar-refractivity contribution in [3.05, 3.63) is 35.4 Å². The van der Waals surface area contributed by atoms with Crippen molar-refractivity contribution >= 4 is 11.9 Å². The predicted molar refractivity (Wildman–Crippen MR) is 73.4 cm³/mol. The monoisotopic (exact) mass is 277 g/mol. The zero-order chi connectivity index (χ0) is 14.5. The number of ether oxygens (including phenoxy) is 1. The van der Waals surface area contributed by atoms with Gasteiger partial charge in [0.1, 0.15) is 6.04 Å². The van der Waals surface area contributed by atoms with Crippen molar-refractivity contribution in [1.82, 2.24) is 5.32 Å². The van der Waals surface area contributed by atoms with Gasteiger partial charge in [-0.3, -0.25) is 4.79 Å². The minimum absolute atomic E-state index is 0.227. The van der Waals surface area contributed by atoms with E-state index in [1.807, 2.05) is 31.2 Å². The van der Waals surface area contributed by atoms with Crippen LogP contribution in [0.2, 0.25) is 0 Å². The van der Waals surface area contributed by atoms with Gasteiger partial charge in [0, 0.05) is 13.0 Å². The largest absolute Gasteiger partial charge is 0.480 e. The van der Waals surface area contributed by atoms with Gasteiger partial charge in [-0.25, -0.2) is 4.79 Å². The SMILES string of the molecule is Cc1ccc(C[C@H](NC(=O)[C@@H]2CCOC2)C(=O)O)cc1. The average molecular weight is 277 g/mol. The molecule has 1 aromatic rings. The maximum Gasteiger partial charge on any atom is 0.326 e. The second-order valence-electron chi connectivity index (χ2n) is 5.15. The Bertz CT molecular complexity index is 477. The lowest BCUT2D eigenvalue weighted by Gasteiger charge is -2.17. The number of carboxylic acid groups (broad SMARTS) is 1. The molecule has 0 saturated carbocycles. The maximum atomic E-state index is 12.0. The van der Waals surface area contributed by atoms with Crippen LogP contribution in [0.25, 0.3) is 0 Å². The Morgan fingerprint density at radius 3 is 2.65 bits per heavy atom. The molecule has 0 radical (unpaired) electrons. The van der Waals surface area contributed by atoms with Gasteiger partial charge in [-0.15, -0.1) is 0 Å². The molecule has 0 aliphatic carbocycles. The molecular formula is C15H19NO4. The predicted octanol–water partition coefficient (Wildman–Crippen LogP) is 1.14. The summed E-state index contributed by atoms with van der Waals surface area (Å²) in [5.41, 5.74) is 2.01. The minimum Gasteiger partial charge on any atom is -0.480 e. The summed E-state index contributed by atoms with van der Waals surface area (Å²) in [5, 5.41) is 11.8. The van der Waals surface area contributed by atoms with Gasteiger partial charge in [-0.1, -0.05) is 29.8 Å². The number of carboxylic acids is 1. The number of nitrogens with one attached hydrogen (secondary N) is 1. The maximum absolute atomic E-state index is 12.0. The van der Waals surface area contributed by atoms with Crippen LogP contribution in [0.15, 0.2) is 24.3 Å². The highest BCUT2D eigenvalue weighted by molar-refractivity contribution is 5.85. The third kappa shape index (κ3) is 3.81. The number of benzene rings is 1. The van der Waals surface area contributed by atoms with E-state index in [1.54, 1.807) is 0 Å². The van der Waals surface area contributed by atoms with Crippen LogP contribution < -0.4 is 5.32 Å². The van der Waals surface area contributed by atoms with Crippen molar-refractivity contribution in [2.45, 2.75) is 25.8 Å². The number of hydrogen-bond donors (Lipinski definition) is 2. The quantitative estimate of drug-likeness (QED) is 0.846. The summed E-state index contributed by atoms with van der Waals surface area (Å²) in [6.07, 6.45) is 0.942. The van der Waals surface area contributed by atoms with Gasteiger partial charge < -0.3 is 15.2 Å². The molecule has 2 N–H and O–H groups in total. The lowest BCUT2D eigenvalue weighted by atomic mass is 10.0. The molecule has 1 aliphatic heterocycles. The van der Waals surface area contributed by atoms with Crippen LogP contribution in [-0.2, 0) is 20.7 Å². The first-order chi connectivity index (χ1) is 9.56. The van der Waals surface area contributed by atoms with E-state index in [-0.39, 0.29) is 18.2 Å². The molecule has 1 aromatic carbocycles. The van der Waals surface area contributed by atoms with E-state index < -0.39 is 12.0 Å². The number of hydrogen-bond acceptors (Lipinski definition) is 3. The van der Waals surface area contributed by atoms with Gasteiger partial charge in [0.2, 0.25) is 5.91 Å². The molecule has 1 aliphatic rings. The summed E-state index contributed by atoms with van der Waals surface area (Å²) < 4.78 is 5.14. The highest BCUT2D eigenvalue weighted by atomic mass is 16.5. The zero-order valence-electron chi connectivity index (χ0n) is 11.5. The van der Waals surface area contributed by atoms with Crippen molar-refractivity contribution in [2.24, 2.45) is 5.92 Å². The molecule has 0 aromatic heterocycles. The molecule has 2 atom stereocenters. The number of carbonyl (C=O) groups excluding carboxylic acids is 1. The van der Waals surface area contributed by atoms with E-state index in [9.17, 15) is 14.7 Å². The summed E-state index contributed by atoms with van der Waals surface area (Å²) in [6.45, 7) is 2.91. The Morgan fingerprint density at radius 2 is 2.10 bits per heavy atom. The summed E-state index contributed by atoms with van der Waals surface area (Å²) >= 11 is 0. The van der Waals surface area contributed by atoms with E-state index in [0.29, 0.717) is 19.6 Å². The molecule has 0 unspecified atom stereocenters. The van der Waals surface area contributed by atoms with Crippen LogP contribution in [0.3, 0.4) is 0 Å². The number of aliphatic carboxylic acids is 1. The second kappa shape index (κ2) is 6.52. The number of rotatable bonds is 5. The normalized spacial score (nSPS) is 19.6. The topological polar surface area (TPSA) is 75.6 Å². The average Bonchev–Trinajstić information content (AvgIpc) is 2.94. The van der Waals surface area contributed by atoms with E-state index in [0.717, 1.165) is 11.1 Å². The molecule has 5 nitrogen and oxygen atoms in total. The summed E-state index contributed by atoms with van der Waals surface area (Å²) in [5.74, 6) is -1.48. The third-order valence-electron chi connectivity index (χ3n) is 3.48. The highest BCUT2D eigenvalue weighted by Crippen LogP contribution is 2.13. The fourth-order valence-corrected chi connectivity index (χ4v) is 2.19. The molecule has 5 heteroatoms. The highest BCUT2D eigenvalue weighted by Gasteiger charge is 2.28. The van der Waals surface area contributed by atoms with E-state index >= 15 is 0 Å². The van der Waals surface area contributed by atoms with Gasteiger partial charge in [0.25, 0.3) is 0 Å². The Kier molecular flexibility index (Phi) is 4.74. The summed E-state index contributed by atoms with van der Waals surface area (Å²) in [4.78, 5) is 23.2. The van der Waals surface area contributed by atoms with Crippen molar-refractivity contribution in [3.8, 4) is 0 Å². The molecule has 1 saturated heterocycles. The van der Waals surface area contributed by atoms with Crippen LogP contribution >= 0.6 is 0 Å². The molecule has 1 fully saturated rings. The minimum atomic E-state index is -1.02. The first kappa shape index (κ1) is 14.5. The van der Waals surface area contributed by atoms with Crippen LogP contribution in [0.4, 0.5) is 0 Å². The van der Waals surface area contributed by atoms with Crippen LogP contribution in [0.5, 0.6) is 0 Å². The van der Waals surface area contributed by atoms with E-state index in [2.05, 4.69) is 5.32 Å². The van der Waals surface area contributed by atoms with Crippen molar-refractivity contribution in [2.75, 3.05) is 13.2 Å². The molecule has 20 heavy (non-hydrogen) atoms. The Morgan fingerprint density at radius 1 is 1.40 bits per heavy atom. The van der Waals surface area contributed by atoms with Gasteiger partial charge in [0.15, 0.2) is 0 Å². The van der Waals surface area contributed by atoms with E-state index in [4.69, 9.17) is 4.74 Å². The Balaban J connectivity index is 1.98. The Hall–Kier alpha value is -1.88.